The molecule has 3 rings (SSSR count). The summed E-state index contributed by atoms with van der Waals surface area (Å²) in [5.74, 6) is 0.782. The average molecular weight is 327 g/mol. The summed E-state index contributed by atoms with van der Waals surface area (Å²) in [7, 11) is 0. The Morgan fingerprint density at radius 3 is 2.74 bits per heavy atom. The highest BCUT2D eigenvalue weighted by atomic mass is 32.1. The molecule has 2 aromatic heterocycles. The van der Waals surface area contributed by atoms with Gasteiger partial charge in [-0.25, -0.2) is 0 Å². The minimum atomic E-state index is -0.187. The molecule has 0 fully saturated rings. The summed E-state index contributed by atoms with van der Waals surface area (Å²) in [6, 6.07) is 11.6. The number of hydrogen-bond donors (Lipinski definition) is 1. The number of amides is 1. The molecule has 1 unspecified atom stereocenters. The van der Waals surface area contributed by atoms with E-state index in [9.17, 15) is 4.79 Å². The summed E-state index contributed by atoms with van der Waals surface area (Å²) in [5.41, 5.74) is 1.72. The van der Waals surface area contributed by atoms with Gasteiger partial charge in [0.2, 0.25) is 5.91 Å². The normalized spacial score (nSPS) is 12.1. The lowest BCUT2D eigenvalue weighted by Gasteiger charge is -2.15. The molecule has 3 aromatic rings. The first-order valence-electron chi connectivity index (χ1n) is 7.43. The van der Waals surface area contributed by atoms with Crippen molar-refractivity contribution in [2.45, 2.75) is 26.2 Å². The minimum Gasteiger partial charge on any atom is -0.333 e. The van der Waals surface area contributed by atoms with Crippen molar-refractivity contribution in [3.8, 4) is 10.8 Å². The van der Waals surface area contributed by atoms with Crippen molar-refractivity contribution in [1.82, 2.24) is 10.1 Å². The monoisotopic (exact) mass is 327 g/mol. The standard InChI is InChI=1S/C17H17N3O2S/c1-3-13(12-7-5-4-6-8-12)16(21)19-14-9-10-23-15(14)17-18-11(2)20-22-17/h4-10,13H,3H2,1-2H3,(H,19,21). The molecule has 0 saturated heterocycles. The Hall–Kier alpha value is -2.47. The fourth-order valence-corrected chi connectivity index (χ4v) is 3.21. The molecule has 1 aromatic carbocycles. The number of thiophene rings is 1. The highest BCUT2D eigenvalue weighted by Gasteiger charge is 2.21. The van der Waals surface area contributed by atoms with Crippen molar-refractivity contribution in [1.29, 1.82) is 0 Å². The van der Waals surface area contributed by atoms with Crippen molar-refractivity contribution < 1.29 is 9.32 Å². The van der Waals surface area contributed by atoms with E-state index in [-0.39, 0.29) is 11.8 Å². The van der Waals surface area contributed by atoms with E-state index in [4.69, 9.17) is 4.52 Å². The van der Waals surface area contributed by atoms with Crippen molar-refractivity contribution in [2.75, 3.05) is 5.32 Å². The summed E-state index contributed by atoms with van der Waals surface area (Å²) in [6.07, 6.45) is 0.731. The number of nitrogens with one attached hydrogen (secondary N) is 1. The predicted molar refractivity (Wildman–Crippen MR) is 90.5 cm³/mol. The number of carbonyl (C=O) groups is 1. The van der Waals surface area contributed by atoms with Crippen molar-refractivity contribution in [2.24, 2.45) is 0 Å². The molecular weight excluding hydrogens is 310 g/mol. The Kier molecular flexibility index (Phi) is 4.52. The number of aromatic nitrogens is 2. The topological polar surface area (TPSA) is 68.0 Å². The lowest BCUT2D eigenvalue weighted by Crippen LogP contribution is -2.20. The Morgan fingerprint density at radius 1 is 1.30 bits per heavy atom. The lowest BCUT2D eigenvalue weighted by molar-refractivity contribution is -0.117. The van der Waals surface area contributed by atoms with E-state index in [1.807, 2.05) is 48.7 Å². The molecular formula is C17H17N3O2S. The van der Waals surface area contributed by atoms with Crippen LogP contribution in [0.4, 0.5) is 5.69 Å². The first-order chi connectivity index (χ1) is 11.2. The van der Waals surface area contributed by atoms with Crippen LogP contribution >= 0.6 is 11.3 Å². The van der Waals surface area contributed by atoms with Gasteiger partial charge in [0.05, 0.1) is 11.6 Å². The van der Waals surface area contributed by atoms with E-state index in [1.54, 1.807) is 6.92 Å². The van der Waals surface area contributed by atoms with Crippen LogP contribution in [0.5, 0.6) is 0 Å². The number of nitrogens with zero attached hydrogens (tertiary/aromatic N) is 2. The van der Waals surface area contributed by atoms with Crippen LogP contribution in [0.3, 0.4) is 0 Å². The zero-order valence-corrected chi connectivity index (χ0v) is 13.8. The van der Waals surface area contributed by atoms with Gasteiger partial charge in [-0.15, -0.1) is 11.3 Å². The van der Waals surface area contributed by atoms with Gasteiger partial charge in [0.15, 0.2) is 5.82 Å². The van der Waals surface area contributed by atoms with E-state index in [1.165, 1.54) is 11.3 Å². The molecule has 0 spiro atoms. The van der Waals surface area contributed by atoms with Crippen LogP contribution in [0.15, 0.2) is 46.3 Å². The van der Waals surface area contributed by atoms with Crippen LogP contribution in [-0.2, 0) is 4.79 Å². The first-order valence-corrected chi connectivity index (χ1v) is 8.31. The van der Waals surface area contributed by atoms with Gasteiger partial charge < -0.3 is 9.84 Å². The number of carbonyl (C=O) groups excluding carboxylic acids is 1. The van der Waals surface area contributed by atoms with Gasteiger partial charge in [-0.1, -0.05) is 42.4 Å². The molecule has 1 N–H and O–H groups in total. The molecule has 1 atom stereocenters. The number of benzene rings is 1. The van der Waals surface area contributed by atoms with Crippen molar-refractivity contribution in [3.63, 3.8) is 0 Å². The maximum absolute atomic E-state index is 12.7. The molecule has 5 nitrogen and oxygen atoms in total. The Morgan fingerprint density at radius 2 is 2.09 bits per heavy atom. The van der Waals surface area contributed by atoms with E-state index in [0.29, 0.717) is 17.4 Å². The Balaban J connectivity index is 1.82. The fraction of sp³-hybridized carbons (Fsp3) is 0.235. The van der Waals surface area contributed by atoms with Crippen LogP contribution in [0.25, 0.3) is 10.8 Å². The molecule has 0 aliphatic rings. The highest BCUT2D eigenvalue weighted by molar-refractivity contribution is 7.14. The second kappa shape index (κ2) is 6.75. The summed E-state index contributed by atoms with van der Waals surface area (Å²) >= 11 is 1.46. The van der Waals surface area contributed by atoms with Gasteiger partial charge in [-0.05, 0) is 30.4 Å². The SMILES string of the molecule is CCC(C(=O)Nc1ccsc1-c1nc(C)no1)c1ccccc1. The molecule has 118 valence electrons. The van der Waals surface area contributed by atoms with E-state index in [0.717, 1.165) is 16.9 Å². The van der Waals surface area contributed by atoms with Gasteiger partial charge in [0, 0.05) is 0 Å². The van der Waals surface area contributed by atoms with Crippen molar-refractivity contribution in [3.05, 3.63) is 53.2 Å². The maximum atomic E-state index is 12.7. The molecule has 2 heterocycles. The third kappa shape index (κ3) is 3.32. The second-order valence-electron chi connectivity index (χ2n) is 5.17. The highest BCUT2D eigenvalue weighted by Crippen LogP contribution is 2.33. The summed E-state index contributed by atoms with van der Waals surface area (Å²) in [4.78, 5) is 17.7. The first kappa shape index (κ1) is 15.4. The maximum Gasteiger partial charge on any atom is 0.270 e. The molecule has 1 amide bonds. The molecule has 6 heteroatoms. The largest absolute Gasteiger partial charge is 0.333 e. The lowest BCUT2D eigenvalue weighted by atomic mass is 9.95. The fourth-order valence-electron chi connectivity index (χ4n) is 2.44. The number of hydrogen-bond acceptors (Lipinski definition) is 5. The van der Waals surface area contributed by atoms with E-state index < -0.39 is 0 Å². The van der Waals surface area contributed by atoms with Gasteiger partial charge in [-0.2, -0.15) is 4.98 Å². The van der Waals surface area contributed by atoms with Gasteiger partial charge >= 0.3 is 0 Å². The quantitative estimate of drug-likeness (QED) is 0.761. The Bertz CT molecular complexity index is 795. The molecule has 0 aliphatic heterocycles. The summed E-state index contributed by atoms with van der Waals surface area (Å²) in [5, 5.41) is 8.69. The zero-order valence-electron chi connectivity index (χ0n) is 12.9. The molecule has 23 heavy (non-hydrogen) atoms. The van der Waals surface area contributed by atoms with Gasteiger partial charge in [-0.3, -0.25) is 4.79 Å². The predicted octanol–water partition coefficient (Wildman–Crippen LogP) is 4.24. The smallest absolute Gasteiger partial charge is 0.270 e. The summed E-state index contributed by atoms with van der Waals surface area (Å²) < 4.78 is 5.20. The van der Waals surface area contributed by atoms with Crippen LogP contribution < -0.4 is 5.32 Å². The van der Waals surface area contributed by atoms with Crippen LogP contribution in [0.2, 0.25) is 0 Å². The van der Waals surface area contributed by atoms with Crippen LogP contribution in [0, 0.1) is 6.92 Å². The number of rotatable bonds is 5. The van der Waals surface area contributed by atoms with Gasteiger partial charge in [0.25, 0.3) is 5.89 Å². The molecule has 0 saturated carbocycles. The number of aryl methyl sites for hydroxylation is 1. The van der Waals surface area contributed by atoms with Crippen LogP contribution in [-0.4, -0.2) is 16.0 Å². The average Bonchev–Trinajstić information content (AvgIpc) is 3.18. The van der Waals surface area contributed by atoms with Gasteiger partial charge in [0.1, 0.15) is 4.88 Å². The van der Waals surface area contributed by atoms with E-state index in [2.05, 4.69) is 15.5 Å². The van der Waals surface area contributed by atoms with Crippen LogP contribution in [0.1, 0.15) is 30.7 Å². The summed E-state index contributed by atoms with van der Waals surface area (Å²) in [6.45, 7) is 3.77. The van der Waals surface area contributed by atoms with E-state index >= 15 is 0 Å². The van der Waals surface area contributed by atoms with Crippen molar-refractivity contribution >= 4 is 22.9 Å². The number of anilines is 1. The molecule has 0 bridgehead atoms. The zero-order chi connectivity index (χ0) is 16.2. The third-order valence-electron chi connectivity index (χ3n) is 3.57. The second-order valence-corrected chi connectivity index (χ2v) is 6.09. The molecule has 0 aliphatic carbocycles. The Labute approximate surface area is 138 Å². The third-order valence-corrected chi connectivity index (χ3v) is 4.47. The molecule has 0 radical (unpaired) electrons. The minimum absolute atomic E-state index is 0.0328.